The molecule has 0 aliphatic carbocycles. The third-order valence-corrected chi connectivity index (χ3v) is 3.89. The van der Waals surface area contributed by atoms with Gasteiger partial charge in [0.2, 0.25) is 0 Å². The Morgan fingerprint density at radius 2 is 2.47 bits per heavy atom. The van der Waals surface area contributed by atoms with Gasteiger partial charge in [0.15, 0.2) is 5.69 Å². The second-order valence-electron chi connectivity index (χ2n) is 3.54. The van der Waals surface area contributed by atoms with Crippen molar-refractivity contribution in [2.75, 3.05) is 13.1 Å². The molecule has 0 radical (unpaired) electrons. The lowest BCUT2D eigenvalue weighted by molar-refractivity contribution is 0.0760. The van der Waals surface area contributed by atoms with Gasteiger partial charge in [0, 0.05) is 13.1 Å². The normalized spacial score (nSPS) is 16.4. The van der Waals surface area contributed by atoms with Gasteiger partial charge in [0.25, 0.3) is 5.91 Å². The number of rotatable bonds is 1. The van der Waals surface area contributed by atoms with Crippen molar-refractivity contribution in [1.82, 2.24) is 9.88 Å². The maximum atomic E-state index is 12.0. The fraction of sp³-hybridized carbons (Fsp3) is 0.400. The lowest BCUT2D eigenvalue weighted by Gasteiger charge is -2.25. The van der Waals surface area contributed by atoms with Crippen molar-refractivity contribution >= 4 is 33.2 Å². The summed E-state index contributed by atoms with van der Waals surface area (Å²) in [4.78, 5) is 18.0. The molecule has 0 spiro atoms. The van der Waals surface area contributed by atoms with Crippen LogP contribution in [0.2, 0.25) is 0 Å². The molecule has 0 saturated heterocycles. The molecule has 1 aliphatic rings. The number of amides is 1. The summed E-state index contributed by atoms with van der Waals surface area (Å²) in [6.07, 6.45) is 3.12. The van der Waals surface area contributed by atoms with Crippen LogP contribution >= 0.6 is 27.3 Å². The topological polar surface area (TPSA) is 33.2 Å². The Kier molecular flexibility index (Phi) is 3.21. The Morgan fingerprint density at radius 3 is 3.07 bits per heavy atom. The molecule has 0 N–H and O–H groups in total. The molecule has 2 rings (SSSR count). The van der Waals surface area contributed by atoms with Crippen molar-refractivity contribution < 1.29 is 4.79 Å². The summed E-state index contributed by atoms with van der Waals surface area (Å²) in [5, 5.41) is 0. The van der Waals surface area contributed by atoms with Crippen LogP contribution in [0.4, 0.5) is 0 Å². The van der Waals surface area contributed by atoms with Crippen molar-refractivity contribution in [3.8, 4) is 0 Å². The van der Waals surface area contributed by atoms with Crippen LogP contribution < -0.4 is 0 Å². The van der Waals surface area contributed by atoms with E-state index in [0.717, 1.165) is 23.3 Å². The van der Waals surface area contributed by atoms with Gasteiger partial charge in [-0.25, -0.2) is 4.98 Å². The Balaban J connectivity index is 2.16. The van der Waals surface area contributed by atoms with Crippen molar-refractivity contribution in [1.29, 1.82) is 0 Å². The van der Waals surface area contributed by atoms with E-state index in [0.29, 0.717) is 5.69 Å². The third-order valence-electron chi connectivity index (χ3n) is 2.35. The predicted octanol–water partition coefficient (Wildman–Crippen LogP) is 2.70. The lowest BCUT2D eigenvalue weighted by atomic mass is 10.1. The van der Waals surface area contributed by atoms with Gasteiger partial charge in [-0.1, -0.05) is 11.6 Å². The first-order chi connectivity index (χ1) is 7.18. The van der Waals surface area contributed by atoms with Gasteiger partial charge in [-0.2, -0.15) is 0 Å². The monoisotopic (exact) mass is 286 g/mol. The highest BCUT2D eigenvalue weighted by Gasteiger charge is 2.21. The summed E-state index contributed by atoms with van der Waals surface area (Å²) in [5.74, 6) is 0.0237. The first kappa shape index (κ1) is 10.8. The van der Waals surface area contributed by atoms with Crippen LogP contribution in [-0.4, -0.2) is 28.9 Å². The molecule has 5 heteroatoms. The fourth-order valence-electron chi connectivity index (χ4n) is 1.61. The minimum Gasteiger partial charge on any atom is -0.333 e. The SMILES string of the molecule is CC1=CCCN(C(=O)c2ncsc2Br)C1. The van der Waals surface area contributed by atoms with Crippen LogP contribution in [0.15, 0.2) is 20.9 Å². The van der Waals surface area contributed by atoms with Gasteiger partial charge < -0.3 is 4.90 Å². The highest BCUT2D eigenvalue weighted by atomic mass is 79.9. The van der Waals surface area contributed by atoms with Crippen LogP contribution in [0, 0.1) is 0 Å². The second-order valence-corrected chi connectivity index (χ2v) is 5.71. The largest absolute Gasteiger partial charge is 0.333 e. The number of hydrogen-bond donors (Lipinski definition) is 0. The highest BCUT2D eigenvalue weighted by molar-refractivity contribution is 9.11. The predicted molar refractivity (Wildman–Crippen MR) is 64.1 cm³/mol. The molecular formula is C10H11BrN2OS. The minimum atomic E-state index is 0.0237. The highest BCUT2D eigenvalue weighted by Crippen LogP contribution is 2.23. The minimum absolute atomic E-state index is 0.0237. The van der Waals surface area contributed by atoms with Crippen LogP contribution in [-0.2, 0) is 0 Å². The average molecular weight is 287 g/mol. The summed E-state index contributed by atoms with van der Waals surface area (Å²) in [5.41, 5.74) is 3.47. The maximum Gasteiger partial charge on any atom is 0.274 e. The standard InChI is InChI=1S/C10H11BrN2OS/c1-7-3-2-4-13(5-7)10(14)8-9(11)15-6-12-8/h3,6H,2,4-5H2,1H3. The van der Waals surface area contributed by atoms with Gasteiger partial charge in [-0.05, 0) is 29.3 Å². The van der Waals surface area contributed by atoms with Crippen molar-refractivity contribution in [3.63, 3.8) is 0 Å². The van der Waals surface area contributed by atoms with E-state index in [1.54, 1.807) is 5.51 Å². The van der Waals surface area contributed by atoms with E-state index in [1.165, 1.54) is 16.9 Å². The van der Waals surface area contributed by atoms with E-state index in [-0.39, 0.29) is 5.91 Å². The van der Waals surface area contributed by atoms with Gasteiger partial charge in [0.1, 0.15) is 3.79 Å². The molecule has 1 amide bonds. The lowest BCUT2D eigenvalue weighted by Crippen LogP contribution is -2.35. The number of carbonyl (C=O) groups is 1. The Labute approximate surface area is 101 Å². The first-order valence-electron chi connectivity index (χ1n) is 4.72. The van der Waals surface area contributed by atoms with Crippen molar-refractivity contribution in [3.05, 3.63) is 26.6 Å². The molecule has 0 saturated carbocycles. The van der Waals surface area contributed by atoms with E-state index in [9.17, 15) is 4.79 Å². The number of nitrogens with zero attached hydrogens (tertiary/aromatic N) is 2. The first-order valence-corrected chi connectivity index (χ1v) is 6.39. The molecule has 15 heavy (non-hydrogen) atoms. The molecular weight excluding hydrogens is 276 g/mol. The van der Waals surface area contributed by atoms with Gasteiger partial charge in [0.05, 0.1) is 5.51 Å². The quantitative estimate of drug-likeness (QED) is 0.744. The van der Waals surface area contributed by atoms with E-state index in [4.69, 9.17) is 0 Å². The molecule has 0 bridgehead atoms. The molecule has 0 unspecified atom stereocenters. The smallest absolute Gasteiger partial charge is 0.274 e. The molecule has 2 heterocycles. The number of thiazole rings is 1. The molecule has 0 atom stereocenters. The summed E-state index contributed by atoms with van der Waals surface area (Å²) < 4.78 is 0.819. The fourth-order valence-corrected chi connectivity index (χ4v) is 2.63. The molecule has 1 aromatic heterocycles. The third kappa shape index (κ3) is 2.29. The number of halogens is 1. The Bertz CT molecular complexity index is 413. The average Bonchev–Trinajstić information content (AvgIpc) is 2.63. The zero-order chi connectivity index (χ0) is 10.8. The number of aromatic nitrogens is 1. The van der Waals surface area contributed by atoms with Gasteiger partial charge >= 0.3 is 0 Å². The summed E-state index contributed by atoms with van der Waals surface area (Å²) in [6.45, 7) is 3.57. The molecule has 80 valence electrons. The summed E-state index contributed by atoms with van der Waals surface area (Å²) in [7, 11) is 0. The molecule has 3 nitrogen and oxygen atoms in total. The van der Waals surface area contributed by atoms with E-state index >= 15 is 0 Å². The summed E-state index contributed by atoms with van der Waals surface area (Å²) >= 11 is 4.78. The van der Waals surface area contributed by atoms with E-state index in [2.05, 4.69) is 33.9 Å². The molecule has 1 aliphatic heterocycles. The zero-order valence-electron chi connectivity index (χ0n) is 8.36. The van der Waals surface area contributed by atoms with Crippen molar-refractivity contribution in [2.45, 2.75) is 13.3 Å². The van der Waals surface area contributed by atoms with Crippen LogP contribution in [0.5, 0.6) is 0 Å². The van der Waals surface area contributed by atoms with E-state index in [1.807, 2.05) is 4.90 Å². The van der Waals surface area contributed by atoms with Crippen LogP contribution in [0.1, 0.15) is 23.8 Å². The van der Waals surface area contributed by atoms with Gasteiger partial charge in [-0.3, -0.25) is 4.79 Å². The van der Waals surface area contributed by atoms with Crippen molar-refractivity contribution in [2.24, 2.45) is 0 Å². The zero-order valence-corrected chi connectivity index (χ0v) is 10.8. The maximum absolute atomic E-state index is 12.0. The summed E-state index contributed by atoms with van der Waals surface area (Å²) in [6, 6.07) is 0. The molecule has 0 fully saturated rings. The molecule has 0 aromatic carbocycles. The number of hydrogen-bond acceptors (Lipinski definition) is 3. The Hall–Kier alpha value is -0.680. The van der Waals surface area contributed by atoms with Crippen LogP contribution in [0.3, 0.4) is 0 Å². The van der Waals surface area contributed by atoms with Crippen LogP contribution in [0.25, 0.3) is 0 Å². The number of carbonyl (C=O) groups excluding carboxylic acids is 1. The Morgan fingerprint density at radius 1 is 1.67 bits per heavy atom. The van der Waals surface area contributed by atoms with Gasteiger partial charge in [-0.15, -0.1) is 11.3 Å². The van der Waals surface area contributed by atoms with E-state index < -0.39 is 0 Å². The molecule has 1 aromatic rings. The second kappa shape index (κ2) is 4.45.